The molecule has 0 spiro atoms. The van der Waals surface area contributed by atoms with Gasteiger partial charge in [-0.3, -0.25) is 5.41 Å². The lowest BCUT2D eigenvalue weighted by Gasteiger charge is -2.32. The Kier molecular flexibility index (Phi) is 5.01. The van der Waals surface area contributed by atoms with Crippen molar-refractivity contribution in [2.75, 3.05) is 11.4 Å². The fourth-order valence-electron chi connectivity index (χ4n) is 2.19. The minimum absolute atomic E-state index is 0.267. The standard InChI is InChI=1S/C14H23N3/c1-4-12(10-14(15)16)17(5-2)13-8-6-7-11(3)9-13/h6-9,12H,4-5,10H2,1-3H3,(H3,15,16). The van der Waals surface area contributed by atoms with Crippen molar-refractivity contribution in [3.63, 3.8) is 0 Å². The Morgan fingerprint density at radius 2 is 2.12 bits per heavy atom. The molecule has 3 nitrogen and oxygen atoms in total. The molecule has 0 heterocycles. The largest absolute Gasteiger partial charge is 0.388 e. The second-order valence-electron chi connectivity index (χ2n) is 4.42. The summed E-state index contributed by atoms with van der Waals surface area (Å²) in [5, 5.41) is 7.45. The van der Waals surface area contributed by atoms with Gasteiger partial charge in [0.15, 0.2) is 0 Å². The molecule has 0 aromatic heterocycles. The lowest BCUT2D eigenvalue weighted by molar-refractivity contribution is 0.598. The first-order valence-corrected chi connectivity index (χ1v) is 6.24. The van der Waals surface area contributed by atoms with E-state index in [9.17, 15) is 0 Å². The molecule has 0 saturated carbocycles. The first-order chi connectivity index (χ1) is 8.08. The fourth-order valence-corrected chi connectivity index (χ4v) is 2.19. The van der Waals surface area contributed by atoms with Crippen LogP contribution >= 0.6 is 0 Å². The van der Waals surface area contributed by atoms with Crippen LogP contribution in [0.15, 0.2) is 24.3 Å². The highest BCUT2D eigenvalue weighted by Gasteiger charge is 2.16. The first kappa shape index (κ1) is 13.6. The van der Waals surface area contributed by atoms with Crippen molar-refractivity contribution in [1.82, 2.24) is 0 Å². The van der Waals surface area contributed by atoms with Gasteiger partial charge in [0.2, 0.25) is 0 Å². The van der Waals surface area contributed by atoms with Crippen LogP contribution < -0.4 is 10.6 Å². The fraction of sp³-hybridized carbons (Fsp3) is 0.500. The van der Waals surface area contributed by atoms with Crippen molar-refractivity contribution in [1.29, 1.82) is 5.41 Å². The van der Waals surface area contributed by atoms with Gasteiger partial charge in [0.1, 0.15) is 0 Å². The van der Waals surface area contributed by atoms with Crippen LogP contribution in [0.5, 0.6) is 0 Å². The summed E-state index contributed by atoms with van der Waals surface area (Å²) in [5.41, 5.74) is 8.01. The summed E-state index contributed by atoms with van der Waals surface area (Å²) in [7, 11) is 0. The monoisotopic (exact) mass is 233 g/mol. The van der Waals surface area contributed by atoms with Gasteiger partial charge in [-0.25, -0.2) is 0 Å². The predicted molar refractivity (Wildman–Crippen MR) is 74.8 cm³/mol. The number of nitrogens with one attached hydrogen (secondary N) is 1. The van der Waals surface area contributed by atoms with Gasteiger partial charge in [0.25, 0.3) is 0 Å². The number of nitrogens with two attached hydrogens (primary N) is 1. The molecule has 17 heavy (non-hydrogen) atoms. The van der Waals surface area contributed by atoms with Crippen molar-refractivity contribution in [2.24, 2.45) is 5.73 Å². The van der Waals surface area contributed by atoms with Crippen LogP contribution in [0.1, 0.15) is 32.3 Å². The van der Waals surface area contributed by atoms with Crippen molar-refractivity contribution < 1.29 is 0 Å². The van der Waals surface area contributed by atoms with Gasteiger partial charge in [0.05, 0.1) is 5.84 Å². The van der Waals surface area contributed by atoms with Crippen LogP contribution in [-0.4, -0.2) is 18.4 Å². The van der Waals surface area contributed by atoms with E-state index in [1.54, 1.807) is 0 Å². The van der Waals surface area contributed by atoms with E-state index in [4.69, 9.17) is 11.1 Å². The molecule has 1 aromatic carbocycles. The van der Waals surface area contributed by atoms with Gasteiger partial charge >= 0.3 is 0 Å². The molecule has 0 fully saturated rings. The number of hydrogen-bond donors (Lipinski definition) is 2. The zero-order valence-electron chi connectivity index (χ0n) is 11.0. The molecule has 1 unspecified atom stereocenters. The minimum Gasteiger partial charge on any atom is -0.388 e. The Morgan fingerprint density at radius 1 is 1.41 bits per heavy atom. The lowest BCUT2D eigenvalue weighted by Crippen LogP contribution is -2.37. The quantitative estimate of drug-likeness (QED) is 0.586. The number of hydrogen-bond acceptors (Lipinski definition) is 2. The molecular formula is C14H23N3. The van der Waals surface area contributed by atoms with E-state index in [1.807, 2.05) is 0 Å². The van der Waals surface area contributed by atoms with Gasteiger partial charge < -0.3 is 10.6 Å². The lowest BCUT2D eigenvalue weighted by atomic mass is 10.1. The van der Waals surface area contributed by atoms with E-state index < -0.39 is 0 Å². The smallest absolute Gasteiger partial charge is 0.0926 e. The normalized spacial score (nSPS) is 12.2. The third-order valence-corrected chi connectivity index (χ3v) is 3.04. The van der Waals surface area contributed by atoms with Crippen LogP contribution in [-0.2, 0) is 0 Å². The molecule has 0 radical (unpaired) electrons. The Labute approximate surface area is 104 Å². The third-order valence-electron chi connectivity index (χ3n) is 3.04. The number of nitrogens with zero attached hydrogens (tertiary/aromatic N) is 1. The molecule has 0 bridgehead atoms. The molecule has 3 N–H and O–H groups in total. The highest BCUT2D eigenvalue weighted by Crippen LogP contribution is 2.21. The average molecular weight is 233 g/mol. The van der Waals surface area contributed by atoms with Gasteiger partial charge in [0, 0.05) is 24.7 Å². The molecule has 0 saturated heterocycles. The van der Waals surface area contributed by atoms with E-state index in [2.05, 4.69) is 49.9 Å². The predicted octanol–water partition coefficient (Wildman–Crippen LogP) is 2.93. The zero-order chi connectivity index (χ0) is 12.8. The maximum Gasteiger partial charge on any atom is 0.0926 e. The Balaban J connectivity index is 2.92. The molecule has 1 rings (SSSR count). The van der Waals surface area contributed by atoms with Crippen LogP contribution in [0.2, 0.25) is 0 Å². The zero-order valence-corrected chi connectivity index (χ0v) is 11.0. The van der Waals surface area contributed by atoms with Gasteiger partial charge in [-0.1, -0.05) is 19.1 Å². The van der Waals surface area contributed by atoms with E-state index >= 15 is 0 Å². The molecule has 1 aromatic rings. The average Bonchev–Trinajstić information content (AvgIpc) is 2.28. The number of amidine groups is 1. The Bertz CT molecular complexity index is 373. The number of aryl methyl sites for hydroxylation is 1. The molecule has 1 atom stereocenters. The van der Waals surface area contributed by atoms with Crippen molar-refractivity contribution >= 4 is 11.5 Å². The summed E-state index contributed by atoms with van der Waals surface area (Å²) in [6, 6.07) is 8.81. The maximum absolute atomic E-state index is 7.45. The van der Waals surface area contributed by atoms with E-state index in [1.165, 1.54) is 11.3 Å². The number of rotatable bonds is 6. The number of benzene rings is 1. The van der Waals surface area contributed by atoms with E-state index in [0.717, 1.165) is 13.0 Å². The summed E-state index contributed by atoms with van der Waals surface area (Å²) in [5.74, 6) is 0.267. The summed E-state index contributed by atoms with van der Waals surface area (Å²) in [6.45, 7) is 7.33. The molecule has 0 aliphatic heterocycles. The highest BCUT2D eigenvalue weighted by molar-refractivity contribution is 5.78. The second kappa shape index (κ2) is 6.28. The van der Waals surface area contributed by atoms with Crippen molar-refractivity contribution in [3.8, 4) is 0 Å². The van der Waals surface area contributed by atoms with Crippen LogP contribution in [0.3, 0.4) is 0 Å². The van der Waals surface area contributed by atoms with Crippen molar-refractivity contribution in [2.45, 2.75) is 39.7 Å². The summed E-state index contributed by atoms with van der Waals surface area (Å²) in [6.07, 6.45) is 1.64. The SMILES string of the molecule is CCC(CC(=N)N)N(CC)c1cccc(C)c1. The molecule has 0 aliphatic rings. The van der Waals surface area contributed by atoms with E-state index in [0.29, 0.717) is 12.5 Å². The van der Waals surface area contributed by atoms with Gasteiger partial charge in [-0.05, 0) is 38.0 Å². The molecule has 3 heteroatoms. The molecular weight excluding hydrogens is 210 g/mol. The molecule has 94 valence electrons. The summed E-state index contributed by atoms with van der Waals surface area (Å²) in [4.78, 5) is 2.33. The Morgan fingerprint density at radius 3 is 2.59 bits per heavy atom. The Hall–Kier alpha value is -1.51. The third kappa shape index (κ3) is 3.77. The summed E-state index contributed by atoms with van der Waals surface area (Å²) >= 11 is 0. The maximum atomic E-state index is 7.45. The van der Waals surface area contributed by atoms with Gasteiger partial charge in [-0.15, -0.1) is 0 Å². The molecule has 0 amide bonds. The van der Waals surface area contributed by atoms with Crippen LogP contribution in [0, 0.1) is 12.3 Å². The molecule has 0 aliphatic carbocycles. The second-order valence-corrected chi connectivity index (χ2v) is 4.42. The van der Waals surface area contributed by atoms with Crippen LogP contribution in [0.25, 0.3) is 0 Å². The van der Waals surface area contributed by atoms with E-state index in [-0.39, 0.29) is 5.84 Å². The minimum atomic E-state index is 0.267. The van der Waals surface area contributed by atoms with Gasteiger partial charge in [-0.2, -0.15) is 0 Å². The van der Waals surface area contributed by atoms with Crippen molar-refractivity contribution in [3.05, 3.63) is 29.8 Å². The first-order valence-electron chi connectivity index (χ1n) is 6.24. The van der Waals surface area contributed by atoms with Crippen LogP contribution in [0.4, 0.5) is 5.69 Å². The summed E-state index contributed by atoms with van der Waals surface area (Å²) < 4.78 is 0. The number of anilines is 1. The highest BCUT2D eigenvalue weighted by atomic mass is 15.2. The topological polar surface area (TPSA) is 53.1 Å².